The molecule has 11 heavy (non-hydrogen) atoms. The topological polar surface area (TPSA) is 66.5 Å². The third kappa shape index (κ3) is 1.93. The Balaban J connectivity index is 2.99. The van der Waals surface area contributed by atoms with Crippen LogP contribution in [0.4, 0.5) is 0 Å². The van der Waals surface area contributed by atoms with Crippen LogP contribution in [0.15, 0.2) is 24.3 Å². The van der Waals surface area contributed by atoms with Crippen LogP contribution in [-0.4, -0.2) is 10.2 Å². The molecule has 1 aromatic rings. The van der Waals surface area contributed by atoms with Crippen molar-refractivity contribution in [3.63, 3.8) is 0 Å². The molecule has 0 heterocycles. The quantitative estimate of drug-likeness (QED) is 0.515. The van der Waals surface area contributed by atoms with Gasteiger partial charge in [0.05, 0.1) is 0 Å². The van der Waals surface area contributed by atoms with Gasteiger partial charge in [0.15, 0.2) is 0 Å². The van der Waals surface area contributed by atoms with Crippen molar-refractivity contribution in [1.29, 1.82) is 0 Å². The lowest BCUT2D eigenvalue weighted by Gasteiger charge is -2.17. The van der Waals surface area contributed by atoms with E-state index in [0.717, 1.165) is 0 Å². The molecule has 1 rings (SSSR count). The normalized spacial score (nSPS) is 15.9. The second kappa shape index (κ2) is 2.53. The molecule has 0 aliphatic heterocycles. The average molecular weight is 153 g/mol. The van der Waals surface area contributed by atoms with Crippen LogP contribution < -0.4 is 5.73 Å². The van der Waals surface area contributed by atoms with E-state index in [1.807, 2.05) is 0 Å². The monoisotopic (exact) mass is 153 g/mol. The maximum Gasteiger partial charge on any atom is 0.136 e. The highest BCUT2D eigenvalue weighted by Crippen LogP contribution is 2.17. The van der Waals surface area contributed by atoms with E-state index in [4.69, 9.17) is 10.8 Å². The minimum absolute atomic E-state index is 0.165. The summed E-state index contributed by atoms with van der Waals surface area (Å²) < 4.78 is 0. The lowest BCUT2D eigenvalue weighted by Crippen LogP contribution is -2.31. The van der Waals surface area contributed by atoms with Crippen molar-refractivity contribution >= 4 is 0 Å². The smallest absolute Gasteiger partial charge is 0.136 e. The third-order valence-electron chi connectivity index (χ3n) is 1.45. The fourth-order valence-corrected chi connectivity index (χ4v) is 0.799. The highest BCUT2D eigenvalue weighted by Gasteiger charge is 2.15. The molecule has 60 valence electrons. The van der Waals surface area contributed by atoms with Crippen molar-refractivity contribution in [2.45, 2.75) is 12.6 Å². The van der Waals surface area contributed by atoms with Gasteiger partial charge in [-0.2, -0.15) is 0 Å². The number of nitrogens with two attached hydrogens (primary N) is 1. The summed E-state index contributed by atoms with van der Waals surface area (Å²) in [5.74, 6) is 0.165. The first-order valence-corrected chi connectivity index (χ1v) is 3.31. The second-order valence-electron chi connectivity index (χ2n) is 2.69. The van der Waals surface area contributed by atoms with Crippen molar-refractivity contribution in [3.05, 3.63) is 29.8 Å². The summed E-state index contributed by atoms with van der Waals surface area (Å²) in [5, 5.41) is 18.2. The molecule has 1 atom stereocenters. The van der Waals surface area contributed by atoms with Gasteiger partial charge in [-0.3, -0.25) is 0 Å². The van der Waals surface area contributed by atoms with E-state index in [1.165, 1.54) is 19.1 Å². The van der Waals surface area contributed by atoms with Crippen LogP contribution in [0.2, 0.25) is 0 Å². The van der Waals surface area contributed by atoms with Crippen LogP contribution in [0, 0.1) is 0 Å². The summed E-state index contributed by atoms with van der Waals surface area (Å²) in [6.07, 6.45) is 0. The third-order valence-corrected chi connectivity index (χ3v) is 1.45. The highest BCUT2D eigenvalue weighted by molar-refractivity contribution is 5.28. The number of phenols is 1. The van der Waals surface area contributed by atoms with E-state index >= 15 is 0 Å². The summed E-state index contributed by atoms with van der Waals surface area (Å²) >= 11 is 0. The minimum atomic E-state index is -1.33. The molecule has 0 spiro atoms. The van der Waals surface area contributed by atoms with Crippen LogP contribution in [0.25, 0.3) is 0 Å². The van der Waals surface area contributed by atoms with Gasteiger partial charge in [0.25, 0.3) is 0 Å². The fourth-order valence-electron chi connectivity index (χ4n) is 0.799. The Hall–Kier alpha value is -1.06. The first-order chi connectivity index (χ1) is 5.00. The lowest BCUT2D eigenvalue weighted by atomic mass is 10.1. The predicted octanol–water partition coefficient (Wildman–Crippen LogP) is 0.516. The van der Waals surface area contributed by atoms with Crippen LogP contribution >= 0.6 is 0 Å². The minimum Gasteiger partial charge on any atom is -0.508 e. The van der Waals surface area contributed by atoms with Crippen molar-refractivity contribution in [3.8, 4) is 5.75 Å². The molecule has 4 N–H and O–H groups in total. The summed E-state index contributed by atoms with van der Waals surface area (Å²) in [6.45, 7) is 1.49. The summed E-state index contributed by atoms with van der Waals surface area (Å²) in [7, 11) is 0. The number of hydrogen-bond acceptors (Lipinski definition) is 3. The van der Waals surface area contributed by atoms with Crippen molar-refractivity contribution in [1.82, 2.24) is 0 Å². The van der Waals surface area contributed by atoms with Crippen molar-refractivity contribution < 1.29 is 10.2 Å². The van der Waals surface area contributed by atoms with E-state index in [-0.39, 0.29) is 5.75 Å². The molecule has 0 radical (unpaired) electrons. The molecule has 1 aromatic carbocycles. The Morgan fingerprint density at radius 1 is 1.27 bits per heavy atom. The zero-order chi connectivity index (χ0) is 8.48. The Morgan fingerprint density at radius 3 is 2.09 bits per heavy atom. The molecule has 0 aromatic heterocycles. The Kier molecular flexibility index (Phi) is 1.85. The van der Waals surface area contributed by atoms with Crippen LogP contribution in [0.1, 0.15) is 12.5 Å². The number of phenolic OH excluding ortho intramolecular Hbond substituents is 1. The van der Waals surface area contributed by atoms with Gasteiger partial charge in [0.1, 0.15) is 11.5 Å². The zero-order valence-corrected chi connectivity index (χ0v) is 6.28. The predicted molar refractivity (Wildman–Crippen MR) is 41.9 cm³/mol. The van der Waals surface area contributed by atoms with Crippen LogP contribution in [-0.2, 0) is 5.72 Å². The molecule has 1 unspecified atom stereocenters. The molecule has 0 saturated carbocycles. The van der Waals surface area contributed by atoms with Gasteiger partial charge < -0.3 is 15.9 Å². The molecule has 0 aliphatic rings. The standard InChI is InChI=1S/C8H11NO2/c1-8(9,11)6-2-4-7(10)5-3-6/h2-5,10-11H,9H2,1H3. The van der Waals surface area contributed by atoms with E-state index in [9.17, 15) is 5.11 Å². The van der Waals surface area contributed by atoms with Gasteiger partial charge in [-0.1, -0.05) is 12.1 Å². The Bertz CT molecular complexity index is 235. The molecule has 3 nitrogen and oxygen atoms in total. The van der Waals surface area contributed by atoms with Crippen molar-refractivity contribution in [2.24, 2.45) is 5.73 Å². The van der Waals surface area contributed by atoms with Crippen molar-refractivity contribution in [2.75, 3.05) is 0 Å². The van der Waals surface area contributed by atoms with Gasteiger partial charge in [-0.15, -0.1) is 0 Å². The van der Waals surface area contributed by atoms with E-state index in [0.29, 0.717) is 5.56 Å². The van der Waals surface area contributed by atoms with E-state index < -0.39 is 5.72 Å². The molecule has 0 bridgehead atoms. The number of hydrogen-bond donors (Lipinski definition) is 3. The first-order valence-electron chi connectivity index (χ1n) is 3.31. The lowest BCUT2D eigenvalue weighted by molar-refractivity contribution is 0.0647. The van der Waals surface area contributed by atoms with Gasteiger partial charge in [0, 0.05) is 0 Å². The Labute approximate surface area is 65.1 Å². The largest absolute Gasteiger partial charge is 0.508 e. The second-order valence-corrected chi connectivity index (χ2v) is 2.69. The first kappa shape index (κ1) is 8.04. The van der Waals surface area contributed by atoms with Gasteiger partial charge in [-0.25, -0.2) is 0 Å². The maximum atomic E-state index is 9.28. The number of rotatable bonds is 1. The van der Waals surface area contributed by atoms with E-state index in [1.54, 1.807) is 12.1 Å². The molecule has 0 amide bonds. The highest BCUT2D eigenvalue weighted by atomic mass is 16.3. The fraction of sp³-hybridized carbons (Fsp3) is 0.250. The summed E-state index contributed by atoms with van der Waals surface area (Å²) in [6, 6.07) is 6.12. The average Bonchev–Trinajstić information content (AvgIpc) is 1.86. The zero-order valence-electron chi connectivity index (χ0n) is 6.28. The number of aromatic hydroxyl groups is 1. The van der Waals surface area contributed by atoms with Crippen LogP contribution in [0.5, 0.6) is 5.75 Å². The maximum absolute atomic E-state index is 9.28. The molecule has 3 heteroatoms. The molecule has 0 fully saturated rings. The molecular formula is C8H11NO2. The SMILES string of the molecule is CC(N)(O)c1ccc(O)cc1. The van der Waals surface area contributed by atoms with E-state index in [2.05, 4.69) is 0 Å². The van der Waals surface area contributed by atoms with Gasteiger partial charge in [-0.05, 0) is 24.6 Å². The number of aliphatic hydroxyl groups is 1. The molecule has 0 saturated heterocycles. The molecule has 0 aliphatic carbocycles. The Morgan fingerprint density at radius 2 is 1.73 bits per heavy atom. The number of benzene rings is 1. The molecular weight excluding hydrogens is 142 g/mol. The summed E-state index contributed by atoms with van der Waals surface area (Å²) in [5.41, 5.74) is 4.63. The van der Waals surface area contributed by atoms with Crippen LogP contribution in [0.3, 0.4) is 0 Å². The summed E-state index contributed by atoms with van der Waals surface area (Å²) in [4.78, 5) is 0. The van der Waals surface area contributed by atoms with Gasteiger partial charge in [0.2, 0.25) is 0 Å². The van der Waals surface area contributed by atoms with Gasteiger partial charge >= 0.3 is 0 Å².